The van der Waals surface area contributed by atoms with Crippen molar-refractivity contribution in [3.63, 3.8) is 0 Å². The van der Waals surface area contributed by atoms with E-state index in [0.717, 1.165) is 6.42 Å². The van der Waals surface area contributed by atoms with Gasteiger partial charge in [0.15, 0.2) is 5.03 Å². The lowest BCUT2D eigenvalue weighted by Crippen LogP contribution is -2.40. The Morgan fingerprint density at radius 1 is 1.73 bits per heavy atom. The average Bonchev–Trinajstić information content (AvgIpc) is 2.61. The molecule has 1 unspecified atom stereocenters. The Morgan fingerprint density at radius 3 is 3.00 bits per heavy atom. The van der Waals surface area contributed by atoms with Crippen LogP contribution in [0.1, 0.15) is 20.3 Å². The molecular weight excluding hydrogens is 200 g/mol. The maximum atomic E-state index is 10.3. The van der Waals surface area contributed by atoms with E-state index in [0.29, 0.717) is 25.7 Å². The molecule has 1 heterocycles. The predicted molar refractivity (Wildman–Crippen MR) is 54.8 cm³/mol. The van der Waals surface area contributed by atoms with Gasteiger partial charge in [0.25, 0.3) is 5.96 Å². The Kier molecular flexibility index (Phi) is 4.29. The third kappa shape index (κ3) is 3.05. The summed E-state index contributed by atoms with van der Waals surface area (Å²) in [5, 5.41) is 15.7. The standard InChI is InChI=1S/C8H16N4O3/c1-3-7(15-4-2)11-6-5-9-8(11)10-12(13)14/h7H,3-6H2,1-2H3,(H,9,10). The van der Waals surface area contributed by atoms with Crippen LogP contribution in [0.25, 0.3) is 0 Å². The molecule has 0 aliphatic carbocycles. The van der Waals surface area contributed by atoms with Crippen LogP contribution in [0, 0.1) is 10.1 Å². The fourth-order valence-electron chi connectivity index (χ4n) is 1.57. The smallest absolute Gasteiger partial charge is 0.273 e. The van der Waals surface area contributed by atoms with E-state index in [9.17, 15) is 10.1 Å². The maximum Gasteiger partial charge on any atom is 0.273 e. The second-order valence-electron chi connectivity index (χ2n) is 3.10. The largest absolute Gasteiger partial charge is 0.359 e. The topological polar surface area (TPSA) is 80.0 Å². The Balaban J connectivity index is 2.69. The summed E-state index contributed by atoms with van der Waals surface area (Å²) in [4.78, 5) is 12.1. The number of nitrogens with zero attached hydrogens (tertiary/aromatic N) is 3. The second-order valence-corrected chi connectivity index (χ2v) is 3.10. The minimum absolute atomic E-state index is 0.135. The molecule has 0 spiro atoms. The van der Waals surface area contributed by atoms with Crippen molar-refractivity contribution >= 4 is 5.96 Å². The van der Waals surface area contributed by atoms with E-state index in [1.54, 1.807) is 4.90 Å². The number of ether oxygens (including phenoxy) is 1. The molecule has 1 N–H and O–H groups in total. The molecule has 7 heteroatoms. The molecule has 7 nitrogen and oxygen atoms in total. The molecule has 0 bridgehead atoms. The third-order valence-corrected chi connectivity index (χ3v) is 2.14. The minimum Gasteiger partial charge on any atom is -0.359 e. The predicted octanol–water partition coefficient (Wildman–Crippen LogP) is 0.212. The van der Waals surface area contributed by atoms with Crippen LogP contribution in [-0.4, -0.2) is 41.8 Å². The molecule has 15 heavy (non-hydrogen) atoms. The number of hydrogen-bond acceptors (Lipinski definition) is 3. The summed E-state index contributed by atoms with van der Waals surface area (Å²) in [6.45, 7) is 5.81. The first-order valence-electron chi connectivity index (χ1n) is 5.04. The zero-order valence-electron chi connectivity index (χ0n) is 8.97. The van der Waals surface area contributed by atoms with Crippen LogP contribution in [0.5, 0.6) is 0 Å². The Morgan fingerprint density at radius 2 is 2.47 bits per heavy atom. The highest BCUT2D eigenvalue weighted by molar-refractivity contribution is 5.81. The highest BCUT2D eigenvalue weighted by Crippen LogP contribution is 2.09. The molecule has 0 radical (unpaired) electrons. The van der Waals surface area contributed by atoms with Crippen molar-refractivity contribution in [1.82, 2.24) is 10.2 Å². The highest BCUT2D eigenvalue weighted by atomic mass is 16.7. The minimum atomic E-state index is -0.695. The zero-order chi connectivity index (χ0) is 11.3. The van der Waals surface area contributed by atoms with E-state index in [4.69, 9.17) is 4.74 Å². The van der Waals surface area contributed by atoms with Gasteiger partial charge in [-0.1, -0.05) is 6.92 Å². The van der Waals surface area contributed by atoms with Crippen LogP contribution in [-0.2, 0) is 4.74 Å². The van der Waals surface area contributed by atoms with E-state index in [1.165, 1.54) is 0 Å². The maximum absolute atomic E-state index is 10.3. The fourth-order valence-corrected chi connectivity index (χ4v) is 1.57. The third-order valence-electron chi connectivity index (χ3n) is 2.14. The molecule has 1 aliphatic heterocycles. The van der Waals surface area contributed by atoms with Gasteiger partial charge in [0.1, 0.15) is 11.3 Å². The Bertz CT molecular complexity index is 256. The van der Waals surface area contributed by atoms with Crippen molar-refractivity contribution in [3.8, 4) is 0 Å². The molecule has 0 aromatic rings. The highest BCUT2D eigenvalue weighted by Gasteiger charge is 2.27. The number of rotatable bonds is 5. The van der Waals surface area contributed by atoms with Gasteiger partial charge in [-0.25, -0.2) is 10.1 Å². The molecule has 1 saturated heterocycles. The number of nitrogens with one attached hydrogen (secondary N) is 1. The van der Waals surface area contributed by atoms with Gasteiger partial charge in [-0.3, -0.25) is 0 Å². The van der Waals surface area contributed by atoms with Gasteiger partial charge in [-0.15, -0.1) is 0 Å². The van der Waals surface area contributed by atoms with Crippen LogP contribution < -0.4 is 5.32 Å². The molecule has 1 atom stereocenters. The van der Waals surface area contributed by atoms with Gasteiger partial charge in [0, 0.05) is 19.7 Å². The van der Waals surface area contributed by atoms with E-state index in [2.05, 4.69) is 10.4 Å². The van der Waals surface area contributed by atoms with Gasteiger partial charge < -0.3 is 15.0 Å². The Hall–Kier alpha value is -1.37. The van der Waals surface area contributed by atoms with E-state index < -0.39 is 5.03 Å². The summed E-state index contributed by atoms with van der Waals surface area (Å²) in [7, 11) is 0. The van der Waals surface area contributed by atoms with E-state index in [-0.39, 0.29) is 6.23 Å². The SMILES string of the molecule is CCOC(CC)N1CCNC1=N[N+](=O)[O-]. The average molecular weight is 216 g/mol. The van der Waals surface area contributed by atoms with Crippen LogP contribution >= 0.6 is 0 Å². The molecule has 0 saturated carbocycles. The van der Waals surface area contributed by atoms with Crippen molar-refractivity contribution < 1.29 is 9.77 Å². The number of nitro groups is 1. The summed E-state index contributed by atoms with van der Waals surface area (Å²) < 4.78 is 5.47. The van der Waals surface area contributed by atoms with Crippen LogP contribution in [0.3, 0.4) is 0 Å². The van der Waals surface area contributed by atoms with E-state index in [1.807, 2.05) is 13.8 Å². The summed E-state index contributed by atoms with van der Waals surface area (Å²) in [5.74, 6) is 0.292. The monoisotopic (exact) mass is 216 g/mol. The van der Waals surface area contributed by atoms with Crippen LogP contribution in [0.4, 0.5) is 0 Å². The first-order chi connectivity index (χ1) is 7.19. The summed E-state index contributed by atoms with van der Waals surface area (Å²) >= 11 is 0. The number of guanidine groups is 1. The molecule has 86 valence electrons. The molecule has 0 amide bonds. The van der Waals surface area contributed by atoms with Gasteiger partial charge >= 0.3 is 0 Å². The van der Waals surface area contributed by atoms with Crippen molar-refractivity contribution in [2.75, 3.05) is 19.7 Å². The summed E-state index contributed by atoms with van der Waals surface area (Å²) in [6.07, 6.45) is 0.635. The van der Waals surface area contributed by atoms with Crippen LogP contribution in [0.2, 0.25) is 0 Å². The molecule has 1 aliphatic rings. The normalized spacial score (nSPS) is 20.4. The molecule has 0 aromatic carbocycles. The molecular formula is C8H16N4O3. The quantitative estimate of drug-likeness (QED) is 0.525. The summed E-state index contributed by atoms with van der Waals surface area (Å²) in [6, 6.07) is 0. The Labute approximate surface area is 88.2 Å². The second kappa shape index (κ2) is 5.50. The lowest BCUT2D eigenvalue weighted by Gasteiger charge is -2.25. The first-order valence-corrected chi connectivity index (χ1v) is 5.04. The lowest BCUT2D eigenvalue weighted by molar-refractivity contribution is -0.486. The van der Waals surface area contributed by atoms with Gasteiger partial charge in [0.2, 0.25) is 0 Å². The molecule has 1 rings (SSSR count). The molecule has 1 fully saturated rings. The number of hydrazone groups is 1. The number of hydrogen-bond donors (Lipinski definition) is 1. The van der Waals surface area contributed by atoms with E-state index >= 15 is 0 Å². The van der Waals surface area contributed by atoms with Gasteiger partial charge in [0.05, 0.1) is 0 Å². The van der Waals surface area contributed by atoms with Crippen molar-refractivity contribution in [3.05, 3.63) is 10.1 Å². The first kappa shape index (κ1) is 11.7. The van der Waals surface area contributed by atoms with Crippen LogP contribution in [0.15, 0.2) is 5.10 Å². The van der Waals surface area contributed by atoms with Gasteiger partial charge in [-0.05, 0) is 13.3 Å². The van der Waals surface area contributed by atoms with Crippen molar-refractivity contribution in [1.29, 1.82) is 0 Å². The van der Waals surface area contributed by atoms with Gasteiger partial charge in [-0.2, -0.15) is 0 Å². The zero-order valence-corrected chi connectivity index (χ0v) is 8.97. The van der Waals surface area contributed by atoms with Crippen molar-refractivity contribution in [2.45, 2.75) is 26.5 Å². The fraction of sp³-hybridized carbons (Fsp3) is 0.875. The van der Waals surface area contributed by atoms with Crippen molar-refractivity contribution in [2.24, 2.45) is 5.10 Å². The summed E-state index contributed by atoms with van der Waals surface area (Å²) in [5.41, 5.74) is 0. The lowest BCUT2D eigenvalue weighted by atomic mass is 10.4. The molecule has 0 aromatic heterocycles.